The summed E-state index contributed by atoms with van der Waals surface area (Å²) in [5.41, 5.74) is 3.79. The van der Waals surface area contributed by atoms with E-state index in [1.165, 1.54) is 17.3 Å². The van der Waals surface area contributed by atoms with Gasteiger partial charge in [-0.05, 0) is 80.1 Å². The van der Waals surface area contributed by atoms with Crippen LogP contribution in [0, 0.1) is 6.92 Å². The van der Waals surface area contributed by atoms with E-state index in [1.807, 2.05) is 74.5 Å². The van der Waals surface area contributed by atoms with Gasteiger partial charge in [-0.3, -0.25) is 9.69 Å². The summed E-state index contributed by atoms with van der Waals surface area (Å²) in [5, 5.41) is 1.87. The number of aryl methyl sites for hydroxylation is 1. The first-order chi connectivity index (χ1) is 16.8. The molecule has 1 heterocycles. The van der Waals surface area contributed by atoms with Gasteiger partial charge in [0, 0.05) is 21.7 Å². The third-order valence-electron chi connectivity index (χ3n) is 5.71. The number of benzene rings is 3. The van der Waals surface area contributed by atoms with Gasteiger partial charge >= 0.3 is 0 Å². The van der Waals surface area contributed by atoms with E-state index >= 15 is 0 Å². The third kappa shape index (κ3) is 6.29. The Bertz CT molecular complexity index is 1270. The molecule has 1 atom stereocenters. The van der Waals surface area contributed by atoms with Crippen LogP contribution in [0.4, 0.5) is 5.69 Å². The Kier molecular flexibility index (Phi) is 8.22. The minimum Gasteiger partial charge on any atom is -0.489 e. The van der Waals surface area contributed by atoms with Crippen LogP contribution < -0.4 is 4.74 Å². The Labute approximate surface area is 220 Å². The zero-order valence-electron chi connectivity index (χ0n) is 19.8. The van der Waals surface area contributed by atoms with Crippen molar-refractivity contribution in [2.24, 2.45) is 4.99 Å². The molecule has 0 radical (unpaired) electrons. The van der Waals surface area contributed by atoms with Gasteiger partial charge in [0.25, 0.3) is 5.91 Å². The number of rotatable bonds is 7. The number of amidine groups is 1. The molecule has 0 aromatic heterocycles. The highest BCUT2D eigenvalue weighted by Gasteiger charge is 2.36. The Hall–Kier alpha value is -2.73. The molecule has 0 N–H and O–H groups in total. The van der Waals surface area contributed by atoms with Crippen LogP contribution in [-0.2, 0) is 11.4 Å². The van der Waals surface area contributed by atoms with Gasteiger partial charge < -0.3 is 4.74 Å². The molecule has 0 saturated carbocycles. The van der Waals surface area contributed by atoms with E-state index in [9.17, 15) is 4.79 Å². The van der Waals surface area contributed by atoms with Crippen molar-refractivity contribution in [1.29, 1.82) is 0 Å². The molecule has 1 saturated heterocycles. The van der Waals surface area contributed by atoms with Crippen LogP contribution >= 0.6 is 35.0 Å². The van der Waals surface area contributed by atoms with Crippen molar-refractivity contribution in [1.82, 2.24) is 4.90 Å². The number of amides is 1. The first-order valence-corrected chi connectivity index (χ1v) is 13.0. The van der Waals surface area contributed by atoms with Crippen LogP contribution in [-0.4, -0.2) is 22.0 Å². The van der Waals surface area contributed by atoms with E-state index in [2.05, 4.69) is 6.92 Å². The van der Waals surface area contributed by atoms with Crippen LogP contribution in [0.25, 0.3) is 6.08 Å². The largest absolute Gasteiger partial charge is 0.489 e. The molecule has 0 aliphatic carbocycles. The summed E-state index contributed by atoms with van der Waals surface area (Å²) in [5.74, 6) is 0.694. The highest BCUT2D eigenvalue weighted by molar-refractivity contribution is 8.18. The second-order valence-corrected chi connectivity index (χ2v) is 10.2. The second kappa shape index (κ2) is 11.3. The Morgan fingerprint density at radius 1 is 1.06 bits per heavy atom. The molecule has 4 rings (SSSR count). The van der Waals surface area contributed by atoms with Gasteiger partial charge in [-0.1, -0.05) is 66.0 Å². The maximum atomic E-state index is 13.3. The number of carbonyl (C=O) groups is 1. The number of hydrogen-bond donors (Lipinski definition) is 0. The summed E-state index contributed by atoms with van der Waals surface area (Å²) in [6, 6.07) is 21.0. The predicted octanol–water partition coefficient (Wildman–Crippen LogP) is 8.28. The standard InChI is InChI=1S/C28H26Cl2N2O2S/c1-4-19(3)32-27(33)26(35-28(32)31-23-11-5-18(2)6-12-23)15-20-7-13-24(14-8-20)34-17-21-9-10-22(29)16-25(21)30/h5-16,19H,4,17H2,1-3H3/b26-15+,31-28?/t19-/m1/s1. The van der Waals surface area contributed by atoms with E-state index < -0.39 is 0 Å². The molecule has 0 spiro atoms. The minimum atomic E-state index is -0.0204. The molecule has 0 unspecified atom stereocenters. The van der Waals surface area contributed by atoms with E-state index in [0.29, 0.717) is 32.5 Å². The smallest absolute Gasteiger partial charge is 0.266 e. The Morgan fingerprint density at radius 2 is 1.77 bits per heavy atom. The number of thioether (sulfide) groups is 1. The second-order valence-electron chi connectivity index (χ2n) is 8.37. The molecule has 35 heavy (non-hydrogen) atoms. The molecular formula is C28H26Cl2N2O2S. The van der Waals surface area contributed by atoms with E-state index in [0.717, 1.165) is 23.2 Å². The molecule has 1 amide bonds. The Morgan fingerprint density at radius 3 is 2.43 bits per heavy atom. The predicted molar refractivity (Wildman–Crippen MR) is 148 cm³/mol. The van der Waals surface area contributed by atoms with Crippen LogP contribution in [0.1, 0.15) is 37.0 Å². The lowest BCUT2D eigenvalue weighted by atomic mass is 10.2. The summed E-state index contributed by atoms with van der Waals surface area (Å²) in [4.78, 5) is 20.5. The summed E-state index contributed by atoms with van der Waals surface area (Å²) >= 11 is 13.6. The van der Waals surface area contributed by atoms with Crippen molar-refractivity contribution in [2.45, 2.75) is 39.8 Å². The lowest BCUT2D eigenvalue weighted by molar-refractivity contribution is -0.123. The van der Waals surface area contributed by atoms with E-state index in [4.69, 9.17) is 32.9 Å². The third-order valence-corrected chi connectivity index (χ3v) is 7.28. The Balaban J connectivity index is 1.50. The van der Waals surface area contributed by atoms with Crippen molar-refractivity contribution in [3.05, 3.63) is 98.4 Å². The molecule has 0 bridgehead atoms. The average molecular weight is 526 g/mol. The lowest BCUT2D eigenvalue weighted by Gasteiger charge is -2.22. The number of aliphatic imine (C=N–C) groups is 1. The van der Waals surface area contributed by atoms with Crippen LogP contribution in [0.3, 0.4) is 0 Å². The normalized spacial score (nSPS) is 16.8. The van der Waals surface area contributed by atoms with Gasteiger partial charge in [-0.2, -0.15) is 0 Å². The highest BCUT2D eigenvalue weighted by atomic mass is 35.5. The molecular weight excluding hydrogens is 499 g/mol. The van der Waals surface area contributed by atoms with Crippen LogP contribution in [0.2, 0.25) is 10.0 Å². The van der Waals surface area contributed by atoms with E-state index in [1.54, 1.807) is 17.0 Å². The zero-order valence-corrected chi connectivity index (χ0v) is 22.1. The fraction of sp³-hybridized carbons (Fsp3) is 0.214. The molecule has 4 nitrogen and oxygen atoms in total. The summed E-state index contributed by atoms with van der Waals surface area (Å²) in [6.45, 7) is 6.50. The molecule has 1 aliphatic heterocycles. The van der Waals surface area contributed by atoms with Gasteiger partial charge in [0.05, 0.1) is 10.6 Å². The molecule has 3 aromatic rings. The van der Waals surface area contributed by atoms with Crippen molar-refractivity contribution in [3.8, 4) is 5.75 Å². The van der Waals surface area contributed by atoms with Crippen molar-refractivity contribution < 1.29 is 9.53 Å². The number of hydrogen-bond acceptors (Lipinski definition) is 4. The monoisotopic (exact) mass is 524 g/mol. The average Bonchev–Trinajstić information content (AvgIpc) is 3.14. The van der Waals surface area contributed by atoms with Gasteiger partial charge in [-0.25, -0.2) is 4.99 Å². The molecule has 1 fully saturated rings. The van der Waals surface area contributed by atoms with Crippen molar-refractivity contribution >= 4 is 57.8 Å². The molecule has 7 heteroatoms. The molecule has 1 aliphatic rings. The van der Waals surface area contributed by atoms with E-state index in [-0.39, 0.29) is 11.9 Å². The van der Waals surface area contributed by atoms with Gasteiger partial charge in [0.1, 0.15) is 12.4 Å². The first kappa shape index (κ1) is 25.4. The lowest BCUT2D eigenvalue weighted by Crippen LogP contribution is -2.36. The quantitative estimate of drug-likeness (QED) is 0.292. The maximum absolute atomic E-state index is 13.3. The minimum absolute atomic E-state index is 0.0204. The first-order valence-electron chi connectivity index (χ1n) is 11.4. The number of carbonyl (C=O) groups excluding carboxylic acids is 1. The number of nitrogens with zero attached hydrogens (tertiary/aromatic N) is 2. The van der Waals surface area contributed by atoms with Crippen molar-refractivity contribution in [2.75, 3.05) is 0 Å². The topological polar surface area (TPSA) is 41.9 Å². The number of ether oxygens (including phenoxy) is 1. The van der Waals surface area contributed by atoms with Crippen LogP contribution in [0.15, 0.2) is 76.6 Å². The fourth-order valence-electron chi connectivity index (χ4n) is 3.48. The number of halogens is 2. The van der Waals surface area contributed by atoms with Gasteiger partial charge in [-0.15, -0.1) is 0 Å². The maximum Gasteiger partial charge on any atom is 0.266 e. The summed E-state index contributed by atoms with van der Waals surface area (Å²) in [6.07, 6.45) is 2.75. The highest BCUT2D eigenvalue weighted by Crippen LogP contribution is 2.36. The van der Waals surface area contributed by atoms with Gasteiger partial charge in [0.2, 0.25) is 0 Å². The fourth-order valence-corrected chi connectivity index (χ4v) is 5.03. The zero-order chi connectivity index (χ0) is 24.9. The summed E-state index contributed by atoms with van der Waals surface area (Å²) < 4.78 is 5.87. The SMILES string of the molecule is CC[C@@H](C)N1C(=O)/C(=C\c2ccc(OCc3ccc(Cl)cc3Cl)cc2)SC1=Nc1ccc(C)cc1. The van der Waals surface area contributed by atoms with Crippen molar-refractivity contribution in [3.63, 3.8) is 0 Å². The van der Waals surface area contributed by atoms with Gasteiger partial charge in [0.15, 0.2) is 5.17 Å². The van der Waals surface area contributed by atoms with Crippen LogP contribution in [0.5, 0.6) is 5.75 Å². The summed E-state index contributed by atoms with van der Waals surface area (Å²) in [7, 11) is 0. The molecule has 180 valence electrons. The molecule has 3 aromatic carbocycles.